The van der Waals surface area contributed by atoms with Crippen LogP contribution in [0.5, 0.6) is 0 Å². The molecule has 3 aromatic carbocycles. The number of nitrogens with zero attached hydrogens (tertiary/aromatic N) is 2. The van der Waals surface area contributed by atoms with Crippen LogP contribution in [0.1, 0.15) is 16.8 Å². The minimum Gasteiger partial charge on any atom is -0.371 e. The molecule has 0 radical (unpaired) electrons. The first-order chi connectivity index (χ1) is 14.8. The summed E-state index contributed by atoms with van der Waals surface area (Å²) in [5.74, 6) is 0. The molecular weight excluding hydrogens is 401 g/mol. The molecule has 0 amide bonds. The second-order valence-electron chi connectivity index (χ2n) is 7.20. The predicted molar refractivity (Wildman–Crippen MR) is 116 cm³/mol. The highest BCUT2D eigenvalue weighted by atomic mass is 19.4. The smallest absolute Gasteiger partial charge is 0.371 e. The second kappa shape index (κ2) is 7.96. The zero-order valence-corrected chi connectivity index (χ0v) is 16.6. The molecule has 6 heteroatoms. The van der Waals surface area contributed by atoms with Crippen LogP contribution in [0, 0.1) is 6.92 Å². The van der Waals surface area contributed by atoms with Crippen LogP contribution in [0.4, 0.5) is 18.9 Å². The van der Waals surface area contributed by atoms with Gasteiger partial charge >= 0.3 is 6.18 Å². The van der Waals surface area contributed by atoms with Gasteiger partial charge in [0.05, 0.1) is 16.9 Å². The van der Waals surface area contributed by atoms with Crippen LogP contribution in [-0.2, 0) is 5.60 Å². The number of halogens is 3. The van der Waals surface area contributed by atoms with Crippen molar-refractivity contribution in [1.29, 1.82) is 0 Å². The van der Waals surface area contributed by atoms with Crippen molar-refractivity contribution in [2.45, 2.75) is 18.7 Å². The fourth-order valence-electron chi connectivity index (χ4n) is 3.52. The number of aromatic nitrogens is 1. The Morgan fingerprint density at radius 1 is 0.806 bits per heavy atom. The molecule has 4 aromatic rings. The van der Waals surface area contributed by atoms with E-state index in [9.17, 15) is 18.3 Å². The number of fused-ring (bicyclic) bond motifs is 1. The minimum absolute atomic E-state index is 0.170. The van der Waals surface area contributed by atoms with Crippen LogP contribution in [0.25, 0.3) is 10.9 Å². The lowest BCUT2D eigenvalue weighted by Gasteiger charge is -2.32. The molecule has 0 aliphatic rings. The second-order valence-corrected chi connectivity index (χ2v) is 7.20. The number of rotatable bonds is 4. The molecule has 31 heavy (non-hydrogen) atoms. The number of hydrogen-bond acceptors (Lipinski definition) is 3. The number of benzene rings is 3. The molecule has 0 fully saturated rings. The van der Waals surface area contributed by atoms with Crippen molar-refractivity contribution in [3.8, 4) is 0 Å². The number of aliphatic imine (C=N–C) groups is 1. The van der Waals surface area contributed by atoms with Crippen molar-refractivity contribution in [2.75, 3.05) is 0 Å². The molecule has 0 saturated heterocycles. The van der Waals surface area contributed by atoms with Crippen molar-refractivity contribution in [3.63, 3.8) is 0 Å². The summed E-state index contributed by atoms with van der Waals surface area (Å²) < 4.78 is 43.4. The SMILES string of the molecule is Cc1ccc2c(N=C(c3ccccc3)C(O)(c3ccccc3)C(F)(F)F)cccc2n1. The van der Waals surface area contributed by atoms with Crippen LogP contribution >= 0.6 is 0 Å². The van der Waals surface area contributed by atoms with Gasteiger partial charge in [0.2, 0.25) is 5.60 Å². The zero-order valence-electron chi connectivity index (χ0n) is 16.6. The number of hydrogen-bond donors (Lipinski definition) is 1. The molecule has 0 aliphatic carbocycles. The highest BCUT2D eigenvalue weighted by Crippen LogP contribution is 2.43. The van der Waals surface area contributed by atoms with E-state index in [4.69, 9.17) is 0 Å². The van der Waals surface area contributed by atoms with Gasteiger partial charge in [-0.1, -0.05) is 66.7 Å². The third-order valence-corrected chi connectivity index (χ3v) is 5.07. The van der Waals surface area contributed by atoms with Gasteiger partial charge in [-0.15, -0.1) is 0 Å². The lowest BCUT2D eigenvalue weighted by molar-refractivity contribution is -0.235. The third-order valence-electron chi connectivity index (χ3n) is 5.07. The lowest BCUT2D eigenvalue weighted by atomic mass is 9.84. The number of aliphatic hydroxyl groups is 1. The average Bonchev–Trinajstić information content (AvgIpc) is 2.77. The van der Waals surface area contributed by atoms with Crippen LogP contribution < -0.4 is 0 Å². The molecule has 0 aliphatic heterocycles. The zero-order chi connectivity index (χ0) is 22.1. The predicted octanol–water partition coefficient (Wildman–Crippen LogP) is 6.11. The summed E-state index contributed by atoms with van der Waals surface area (Å²) in [4.78, 5) is 8.84. The van der Waals surface area contributed by atoms with Gasteiger partial charge < -0.3 is 5.11 Å². The maximum Gasteiger partial charge on any atom is 0.427 e. The standard InChI is InChI=1S/C25H19F3N2O/c1-17-15-16-20-21(29-17)13-8-14-22(20)30-23(18-9-4-2-5-10-18)24(31,25(26,27)28)19-11-6-3-7-12-19/h2-16,31H,1H3. The van der Waals surface area contributed by atoms with Crippen LogP contribution in [0.15, 0.2) is 96.0 Å². The van der Waals surface area contributed by atoms with Gasteiger partial charge in [0.1, 0.15) is 0 Å². The lowest BCUT2D eigenvalue weighted by Crippen LogP contribution is -2.49. The van der Waals surface area contributed by atoms with E-state index in [-0.39, 0.29) is 11.1 Å². The molecular formula is C25H19F3N2O. The Morgan fingerprint density at radius 2 is 1.45 bits per heavy atom. The Kier molecular flexibility index (Phi) is 5.33. The van der Waals surface area contributed by atoms with E-state index < -0.39 is 17.5 Å². The normalized spacial score (nSPS) is 14.4. The van der Waals surface area contributed by atoms with E-state index in [1.54, 1.807) is 54.6 Å². The Morgan fingerprint density at radius 3 is 2.10 bits per heavy atom. The van der Waals surface area contributed by atoms with Crippen molar-refractivity contribution >= 4 is 22.3 Å². The summed E-state index contributed by atoms with van der Waals surface area (Å²) in [6, 6.07) is 23.6. The Bertz CT molecular complexity index is 1240. The van der Waals surface area contributed by atoms with Gasteiger partial charge in [-0.05, 0) is 42.3 Å². The van der Waals surface area contributed by atoms with Crippen LogP contribution in [0.2, 0.25) is 0 Å². The molecule has 1 N–H and O–H groups in total. The molecule has 1 aromatic heterocycles. The maximum atomic E-state index is 14.5. The third kappa shape index (κ3) is 3.82. The van der Waals surface area contributed by atoms with E-state index in [0.717, 1.165) is 5.69 Å². The number of aryl methyl sites for hydroxylation is 1. The van der Waals surface area contributed by atoms with Crippen LogP contribution in [0.3, 0.4) is 0 Å². The van der Waals surface area contributed by atoms with E-state index in [1.807, 2.05) is 6.92 Å². The molecule has 0 spiro atoms. The van der Waals surface area contributed by atoms with Gasteiger partial charge in [0.15, 0.2) is 0 Å². The van der Waals surface area contributed by atoms with E-state index >= 15 is 0 Å². The van der Waals surface area contributed by atoms with Crippen molar-refractivity contribution in [2.24, 2.45) is 4.99 Å². The summed E-state index contributed by atoms with van der Waals surface area (Å²) in [6.45, 7) is 1.84. The quantitative estimate of drug-likeness (QED) is 0.405. The van der Waals surface area contributed by atoms with E-state index in [0.29, 0.717) is 16.6 Å². The largest absolute Gasteiger partial charge is 0.427 e. The molecule has 0 bridgehead atoms. The van der Waals surface area contributed by atoms with Crippen molar-refractivity contribution in [1.82, 2.24) is 4.98 Å². The summed E-state index contributed by atoms with van der Waals surface area (Å²) in [6.07, 6.45) is -5.01. The Balaban J connectivity index is 2.05. The first-order valence-electron chi connectivity index (χ1n) is 9.66. The van der Waals surface area contributed by atoms with Gasteiger partial charge in [-0.3, -0.25) is 4.98 Å². The number of alkyl halides is 3. The van der Waals surface area contributed by atoms with E-state index in [2.05, 4.69) is 9.98 Å². The van der Waals surface area contributed by atoms with Gasteiger partial charge in [-0.2, -0.15) is 13.2 Å². The fourth-order valence-corrected chi connectivity index (χ4v) is 3.52. The summed E-state index contributed by atoms with van der Waals surface area (Å²) in [5, 5.41) is 11.8. The molecule has 0 saturated carbocycles. The minimum atomic E-state index is -5.01. The first-order valence-corrected chi connectivity index (χ1v) is 9.66. The highest BCUT2D eigenvalue weighted by Gasteiger charge is 2.59. The van der Waals surface area contributed by atoms with Crippen molar-refractivity contribution in [3.05, 3.63) is 108 Å². The average molecular weight is 420 g/mol. The van der Waals surface area contributed by atoms with Gasteiger partial charge in [0.25, 0.3) is 0 Å². The van der Waals surface area contributed by atoms with Crippen LogP contribution in [-0.4, -0.2) is 22.0 Å². The summed E-state index contributed by atoms with van der Waals surface area (Å²) in [7, 11) is 0. The van der Waals surface area contributed by atoms with Gasteiger partial charge in [0, 0.05) is 11.1 Å². The molecule has 1 heterocycles. The highest BCUT2D eigenvalue weighted by molar-refractivity contribution is 6.10. The Labute approximate surface area is 177 Å². The molecule has 3 nitrogen and oxygen atoms in total. The maximum absolute atomic E-state index is 14.5. The molecule has 1 atom stereocenters. The number of pyridine rings is 1. The fraction of sp³-hybridized carbons (Fsp3) is 0.120. The summed E-state index contributed by atoms with van der Waals surface area (Å²) >= 11 is 0. The van der Waals surface area contributed by atoms with Gasteiger partial charge in [-0.25, -0.2) is 4.99 Å². The van der Waals surface area contributed by atoms with Crippen molar-refractivity contribution < 1.29 is 18.3 Å². The monoisotopic (exact) mass is 420 g/mol. The Hall–Kier alpha value is -3.51. The first kappa shape index (κ1) is 20.8. The topological polar surface area (TPSA) is 45.5 Å². The van der Waals surface area contributed by atoms with E-state index in [1.165, 1.54) is 36.4 Å². The molecule has 1 unspecified atom stereocenters. The molecule has 4 rings (SSSR count). The molecule has 156 valence electrons. The summed E-state index contributed by atoms with van der Waals surface area (Å²) in [5.41, 5.74) is -2.25.